The Kier molecular flexibility index (Phi) is 3.70. The van der Waals surface area contributed by atoms with Crippen LogP contribution in [-0.4, -0.2) is 18.3 Å². The molecule has 2 nitrogen and oxygen atoms in total. The van der Waals surface area contributed by atoms with Gasteiger partial charge >= 0.3 is 0 Å². The van der Waals surface area contributed by atoms with E-state index in [9.17, 15) is 5.11 Å². The summed E-state index contributed by atoms with van der Waals surface area (Å²) in [6, 6.07) is 6.04. The summed E-state index contributed by atoms with van der Waals surface area (Å²) in [5.74, 6) is 0. The number of aryl methyl sites for hydroxylation is 1. The molecule has 0 aliphatic rings. The highest BCUT2D eigenvalue weighted by Crippen LogP contribution is 2.27. The number of rotatable bonds is 3. The van der Waals surface area contributed by atoms with Crippen LogP contribution in [-0.2, 0) is 5.41 Å². The maximum atomic E-state index is 9.34. The third-order valence-corrected chi connectivity index (χ3v) is 3.13. The van der Waals surface area contributed by atoms with Crippen LogP contribution >= 0.6 is 15.9 Å². The Balaban J connectivity index is 3.17. The van der Waals surface area contributed by atoms with Crippen LogP contribution in [0.25, 0.3) is 0 Å². The van der Waals surface area contributed by atoms with Gasteiger partial charge in [-0.05, 0) is 30.2 Å². The molecule has 1 rings (SSSR count). The average molecular weight is 258 g/mol. The van der Waals surface area contributed by atoms with Gasteiger partial charge in [0.15, 0.2) is 0 Å². The van der Waals surface area contributed by atoms with Crippen LogP contribution in [0.5, 0.6) is 0 Å². The number of hydrogen-bond acceptors (Lipinski definition) is 2. The summed E-state index contributed by atoms with van der Waals surface area (Å²) in [6.07, 6.45) is 0. The van der Waals surface area contributed by atoms with Gasteiger partial charge in [-0.25, -0.2) is 0 Å². The summed E-state index contributed by atoms with van der Waals surface area (Å²) in [5, 5.41) is 9.34. The van der Waals surface area contributed by atoms with Crippen LogP contribution in [0.15, 0.2) is 22.7 Å². The van der Waals surface area contributed by atoms with E-state index in [2.05, 4.69) is 15.9 Å². The van der Waals surface area contributed by atoms with E-state index in [0.717, 1.165) is 15.6 Å². The van der Waals surface area contributed by atoms with Crippen LogP contribution < -0.4 is 5.73 Å². The molecular weight excluding hydrogens is 242 g/mol. The van der Waals surface area contributed by atoms with E-state index in [0.29, 0.717) is 6.54 Å². The maximum absolute atomic E-state index is 9.34. The van der Waals surface area contributed by atoms with Crippen molar-refractivity contribution in [3.8, 4) is 0 Å². The van der Waals surface area contributed by atoms with Gasteiger partial charge in [0, 0.05) is 16.4 Å². The van der Waals surface area contributed by atoms with Crippen molar-refractivity contribution in [1.29, 1.82) is 0 Å². The Bertz CT molecular complexity index is 321. The van der Waals surface area contributed by atoms with Crippen LogP contribution in [0.3, 0.4) is 0 Å². The van der Waals surface area contributed by atoms with E-state index < -0.39 is 0 Å². The molecule has 14 heavy (non-hydrogen) atoms. The summed E-state index contributed by atoms with van der Waals surface area (Å²) < 4.78 is 1.05. The molecule has 0 bridgehead atoms. The third-order valence-electron chi connectivity index (χ3n) is 2.64. The molecular formula is C11H16BrNO. The summed E-state index contributed by atoms with van der Waals surface area (Å²) in [7, 11) is 0. The van der Waals surface area contributed by atoms with E-state index >= 15 is 0 Å². The molecule has 3 N–H and O–H groups in total. The molecule has 0 fully saturated rings. The number of hydrogen-bond donors (Lipinski definition) is 2. The number of aliphatic hydroxyl groups is 1. The predicted molar refractivity (Wildman–Crippen MR) is 62.4 cm³/mol. The van der Waals surface area contributed by atoms with Gasteiger partial charge in [0.2, 0.25) is 0 Å². The van der Waals surface area contributed by atoms with Crippen molar-refractivity contribution in [2.75, 3.05) is 13.2 Å². The molecule has 3 heteroatoms. The quantitative estimate of drug-likeness (QED) is 0.870. The highest BCUT2D eigenvalue weighted by atomic mass is 79.9. The molecule has 0 aromatic heterocycles. The molecule has 1 aromatic rings. The van der Waals surface area contributed by atoms with Crippen molar-refractivity contribution in [1.82, 2.24) is 0 Å². The van der Waals surface area contributed by atoms with E-state index in [1.165, 1.54) is 0 Å². The molecule has 0 amide bonds. The summed E-state index contributed by atoms with van der Waals surface area (Å²) >= 11 is 3.41. The molecule has 0 aliphatic heterocycles. The van der Waals surface area contributed by atoms with E-state index in [1.54, 1.807) is 0 Å². The molecule has 1 atom stereocenters. The number of aliphatic hydroxyl groups excluding tert-OH is 1. The zero-order valence-corrected chi connectivity index (χ0v) is 10.1. The fourth-order valence-electron chi connectivity index (χ4n) is 1.56. The van der Waals surface area contributed by atoms with Gasteiger partial charge in [-0.2, -0.15) is 0 Å². The minimum Gasteiger partial charge on any atom is -0.395 e. The van der Waals surface area contributed by atoms with Crippen LogP contribution in [0.2, 0.25) is 0 Å². The molecule has 0 saturated heterocycles. The van der Waals surface area contributed by atoms with Crippen LogP contribution in [0.4, 0.5) is 0 Å². The first kappa shape index (κ1) is 11.7. The highest BCUT2D eigenvalue weighted by Gasteiger charge is 2.25. The zero-order valence-electron chi connectivity index (χ0n) is 8.55. The fraction of sp³-hybridized carbons (Fsp3) is 0.455. The third kappa shape index (κ3) is 2.16. The van der Waals surface area contributed by atoms with Crippen molar-refractivity contribution in [3.63, 3.8) is 0 Å². The van der Waals surface area contributed by atoms with E-state index in [1.807, 2.05) is 32.0 Å². The van der Waals surface area contributed by atoms with Gasteiger partial charge in [-0.1, -0.05) is 28.9 Å². The second-order valence-corrected chi connectivity index (χ2v) is 4.80. The monoisotopic (exact) mass is 257 g/mol. The average Bonchev–Trinajstić information content (AvgIpc) is 2.17. The molecule has 0 saturated carbocycles. The summed E-state index contributed by atoms with van der Waals surface area (Å²) in [4.78, 5) is 0. The van der Waals surface area contributed by atoms with Crippen LogP contribution in [0.1, 0.15) is 18.1 Å². The molecule has 0 aliphatic carbocycles. The molecule has 0 spiro atoms. The molecule has 1 aromatic carbocycles. The first-order valence-electron chi connectivity index (χ1n) is 4.61. The van der Waals surface area contributed by atoms with Crippen molar-refractivity contribution >= 4 is 15.9 Å². The van der Waals surface area contributed by atoms with Gasteiger partial charge in [0.1, 0.15) is 0 Å². The lowest BCUT2D eigenvalue weighted by molar-refractivity contribution is 0.210. The second kappa shape index (κ2) is 4.43. The molecule has 0 heterocycles. The Hall–Kier alpha value is -0.380. The summed E-state index contributed by atoms with van der Waals surface area (Å²) in [6.45, 7) is 4.53. The molecule has 0 radical (unpaired) electrons. The molecule has 1 unspecified atom stereocenters. The predicted octanol–water partition coefficient (Wildman–Crippen LogP) is 1.97. The van der Waals surface area contributed by atoms with Gasteiger partial charge in [-0.15, -0.1) is 0 Å². The van der Waals surface area contributed by atoms with Crippen molar-refractivity contribution < 1.29 is 5.11 Å². The van der Waals surface area contributed by atoms with Gasteiger partial charge in [0.05, 0.1) is 6.61 Å². The maximum Gasteiger partial charge on any atom is 0.0537 e. The summed E-state index contributed by atoms with van der Waals surface area (Å²) in [5.41, 5.74) is 7.63. The SMILES string of the molecule is Cc1cc(Br)ccc1C(C)(CN)CO. The Morgan fingerprint density at radius 1 is 1.50 bits per heavy atom. The minimum absolute atomic E-state index is 0.0754. The normalized spacial score (nSPS) is 15.2. The number of nitrogens with two attached hydrogens (primary N) is 1. The first-order chi connectivity index (χ1) is 6.53. The van der Waals surface area contributed by atoms with Gasteiger partial charge in [-0.3, -0.25) is 0 Å². The highest BCUT2D eigenvalue weighted by molar-refractivity contribution is 9.10. The van der Waals surface area contributed by atoms with Gasteiger partial charge < -0.3 is 10.8 Å². The lowest BCUT2D eigenvalue weighted by Gasteiger charge is -2.27. The van der Waals surface area contributed by atoms with Crippen molar-refractivity contribution in [2.45, 2.75) is 19.3 Å². The number of halogens is 1. The lowest BCUT2D eigenvalue weighted by atomic mass is 9.81. The standard InChI is InChI=1S/C11H16BrNO/c1-8-5-9(12)3-4-10(8)11(2,6-13)7-14/h3-5,14H,6-7,13H2,1-2H3. The van der Waals surface area contributed by atoms with Crippen molar-refractivity contribution in [3.05, 3.63) is 33.8 Å². The second-order valence-electron chi connectivity index (χ2n) is 3.88. The van der Waals surface area contributed by atoms with E-state index in [-0.39, 0.29) is 12.0 Å². The Labute approximate surface area is 93.3 Å². The van der Waals surface area contributed by atoms with Crippen molar-refractivity contribution in [2.24, 2.45) is 5.73 Å². The minimum atomic E-state index is -0.329. The fourth-order valence-corrected chi connectivity index (χ4v) is 2.04. The topological polar surface area (TPSA) is 46.2 Å². The first-order valence-corrected chi connectivity index (χ1v) is 5.40. The lowest BCUT2D eigenvalue weighted by Crippen LogP contribution is -2.36. The molecule has 78 valence electrons. The number of benzene rings is 1. The van der Waals surface area contributed by atoms with Crippen LogP contribution in [0, 0.1) is 6.92 Å². The van der Waals surface area contributed by atoms with E-state index in [4.69, 9.17) is 5.73 Å². The largest absolute Gasteiger partial charge is 0.395 e. The zero-order chi connectivity index (χ0) is 10.8. The van der Waals surface area contributed by atoms with Gasteiger partial charge in [0.25, 0.3) is 0 Å². The Morgan fingerprint density at radius 2 is 2.14 bits per heavy atom. The smallest absolute Gasteiger partial charge is 0.0537 e. The Morgan fingerprint density at radius 3 is 2.57 bits per heavy atom.